The van der Waals surface area contributed by atoms with Crippen LogP contribution in [0.25, 0.3) is 0 Å². The number of hydrogen-bond donors (Lipinski definition) is 0. The number of ether oxygens (including phenoxy) is 1. The van der Waals surface area contributed by atoms with Crippen molar-refractivity contribution < 1.29 is 31.1 Å². The van der Waals surface area contributed by atoms with E-state index in [1.807, 2.05) is 0 Å². The van der Waals surface area contributed by atoms with Crippen molar-refractivity contribution in [3.8, 4) is 5.88 Å². The van der Waals surface area contributed by atoms with Crippen LogP contribution < -0.4 is 4.74 Å². The van der Waals surface area contributed by atoms with Crippen molar-refractivity contribution in [3.05, 3.63) is 47.9 Å². The minimum absolute atomic E-state index is 0.0174. The first-order chi connectivity index (χ1) is 16.1. The fourth-order valence-electron chi connectivity index (χ4n) is 4.48. The number of aromatic nitrogens is 2. The number of sulfonamides is 1. The van der Waals surface area contributed by atoms with Gasteiger partial charge in [0, 0.05) is 37.9 Å². The molecule has 3 heterocycles. The SMILES string of the molecule is O=C1CCN(S(=O)(=O)c2cccc(C(F)(F)F)c2)CC2CC(Oc3cnc(C4CC4)cn3)CN12. The first kappa shape index (κ1) is 23.0. The van der Waals surface area contributed by atoms with E-state index < -0.39 is 32.7 Å². The average molecular weight is 497 g/mol. The molecule has 1 aromatic heterocycles. The van der Waals surface area contributed by atoms with E-state index in [2.05, 4.69) is 9.97 Å². The minimum Gasteiger partial charge on any atom is -0.471 e. The summed E-state index contributed by atoms with van der Waals surface area (Å²) in [5, 5.41) is 0. The standard InChI is InChI=1S/C22H23F3N4O4S/c23-22(24,25)15-2-1-3-18(8-15)34(31,32)28-7-6-21(30)29-13-17(9-16(29)12-28)33-20-11-26-19(10-27-20)14-4-5-14/h1-3,8,10-11,14,16-17H,4-7,9,12-13H2. The summed E-state index contributed by atoms with van der Waals surface area (Å²) < 4.78 is 72.6. The molecule has 3 aliphatic rings. The van der Waals surface area contributed by atoms with Gasteiger partial charge in [-0.2, -0.15) is 17.5 Å². The normalized spacial score (nSPS) is 24.1. The van der Waals surface area contributed by atoms with Crippen molar-refractivity contribution in [1.82, 2.24) is 19.2 Å². The highest BCUT2D eigenvalue weighted by molar-refractivity contribution is 7.89. The summed E-state index contributed by atoms with van der Waals surface area (Å²) >= 11 is 0. The van der Waals surface area contributed by atoms with Crippen LogP contribution in [0.4, 0.5) is 13.2 Å². The van der Waals surface area contributed by atoms with Crippen LogP contribution in [0.2, 0.25) is 0 Å². The summed E-state index contributed by atoms with van der Waals surface area (Å²) in [7, 11) is -4.22. The van der Waals surface area contributed by atoms with Crippen molar-refractivity contribution >= 4 is 15.9 Å². The van der Waals surface area contributed by atoms with E-state index in [0.717, 1.165) is 41.0 Å². The van der Waals surface area contributed by atoms with Gasteiger partial charge in [0.25, 0.3) is 0 Å². The number of benzene rings is 1. The third-order valence-electron chi connectivity index (χ3n) is 6.42. The molecular weight excluding hydrogens is 473 g/mol. The molecule has 2 atom stereocenters. The average Bonchev–Trinajstić information content (AvgIpc) is 3.59. The van der Waals surface area contributed by atoms with E-state index in [-0.39, 0.29) is 38.1 Å². The molecule has 1 aromatic carbocycles. The van der Waals surface area contributed by atoms with Crippen LogP contribution in [0.1, 0.15) is 42.9 Å². The molecule has 8 nitrogen and oxygen atoms in total. The number of fused-ring (bicyclic) bond motifs is 1. The van der Waals surface area contributed by atoms with Crippen LogP contribution in [0, 0.1) is 0 Å². The molecule has 2 aromatic rings. The smallest absolute Gasteiger partial charge is 0.416 e. The van der Waals surface area contributed by atoms with E-state index >= 15 is 0 Å². The highest BCUT2D eigenvalue weighted by atomic mass is 32.2. The van der Waals surface area contributed by atoms with Crippen molar-refractivity contribution in [2.45, 2.75) is 54.8 Å². The van der Waals surface area contributed by atoms with Gasteiger partial charge < -0.3 is 9.64 Å². The molecule has 0 N–H and O–H groups in total. The van der Waals surface area contributed by atoms with Gasteiger partial charge in [0.15, 0.2) is 0 Å². The van der Waals surface area contributed by atoms with E-state index in [4.69, 9.17) is 4.74 Å². The highest BCUT2D eigenvalue weighted by Crippen LogP contribution is 2.39. The predicted octanol–water partition coefficient (Wildman–Crippen LogP) is 2.82. The summed E-state index contributed by atoms with van der Waals surface area (Å²) in [5.74, 6) is 0.592. The van der Waals surface area contributed by atoms with Gasteiger partial charge in [-0.25, -0.2) is 13.4 Å². The molecule has 2 aliphatic heterocycles. The summed E-state index contributed by atoms with van der Waals surface area (Å²) in [5.41, 5.74) is -0.109. The number of halogens is 3. The van der Waals surface area contributed by atoms with Crippen LogP contribution in [-0.4, -0.2) is 65.3 Å². The van der Waals surface area contributed by atoms with E-state index in [1.54, 1.807) is 17.3 Å². The fraction of sp³-hybridized carbons (Fsp3) is 0.500. The van der Waals surface area contributed by atoms with E-state index in [1.165, 1.54) is 0 Å². The number of rotatable bonds is 5. The lowest BCUT2D eigenvalue weighted by atomic mass is 10.2. The second-order valence-corrected chi connectivity index (χ2v) is 10.8. The van der Waals surface area contributed by atoms with Gasteiger partial charge in [0.05, 0.1) is 35.1 Å². The van der Waals surface area contributed by atoms with Gasteiger partial charge in [-0.3, -0.25) is 9.78 Å². The second kappa shape index (κ2) is 8.49. The number of carbonyl (C=O) groups is 1. The Bertz CT molecular complexity index is 1190. The molecule has 2 unspecified atom stereocenters. The molecule has 12 heteroatoms. The second-order valence-electron chi connectivity index (χ2n) is 8.87. The zero-order valence-electron chi connectivity index (χ0n) is 18.1. The number of alkyl halides is 3. The largest absolute Gasteiger partial charge is 0.471 e. The summed E-state index contributed by atoms with van der Waals surface area (Å²) in [4.78, 5) is 22.5. The van der Waals surface area contributed by atoms with Gasteiger partial charge in [-0.1, -0.05) is 6.07 Å². The van der Waals surface area contributed by atoms with Crippen molar-refractivity contribution in [3.63, 3.8) is 0 Å². The Balaban J connectivity index is 1.30. The molecule has 0 bridgehead atoms. The molecule has 34 heavy (non-hydrogen) atoms. The van der Waals surface area contributed by atoms with Crippen molar-refractivity contribution in [2.75, 3.05) is 19.6 Å². The van der Waals surface area contributed by atoms with E-state index in [9.17, 15) is 26.4 Å². The molecule has 5 rings (SSSR count). The minimum atomic E-state index is -4.66. The first-order valence-corrected chi connectivity index (χ1v) is 12.5. The molecule has 182 valence electrons. The zero-order valence-corrected chi connectivity index (χ0v) is 18.9. The molecule has 3 fully saturated rings. The highest BCUT2D eigenvalue weighted by Gasteiger charge is 2.42. The van der Waals surface area contributed by atoms with Gasteiger partial charge in [-0.05, 0) is 31.0 Å². The zero-order chi connectivity index (χ0) is 24.1. The van der Waals surface area contributed by atoms with Gasteiger partial charge in [-0.15, -0.1) is 0 Å². The summed E-state index contributed by atoms with van der Waals surface area (Å²) in [6.45, 7) is 0.174. The van der Waals surface area contributed by atoms with Crippen molar-refractivity contribution in [2.24, 2.45) is 0 Å². The van der Waals surface area contributed by atoms with Crippen LogP contribution in [-0.2, 0) is 21.0 Å². The summed E-state index contributed by atoms with van der Waals surface area (Å²) in [6, 6.07) is 3.22. The first-order valence-electron chi connectivity index (χ1n) is 11.1. The third-order valence-corrected chi connectivity index (χ3v) is 8.28. The van der Waals surface area contributed by atoms with Gasteiger partial charge >= 0.3 is 6.18 Å². The number of amides is 1. The van der Waals surface area contributed by atoms with E-state index in [0.29, 0.717) is 24.3 Å². The molecule has 1 amide bonds. The van der Waals surface area contributed by atoms with Crippen LogP contribution in [0.5, 0.6) is 5.88 Å². The quantitative estimate of drug-likeness (QED) is 0.632. The Labute approximate surface area is 194 Å². The Kier molecular flexibility index (Phi) is 5.75. The maximum Gasteiger partial charge on any atom is 0.416 e. The lowest BCUT2D eigenvalue weighted by Crippen LogP contribution is -2.40. The predicted molar refractivity (Wildman–Crippen MR) is 113 cm³/mol. The van der Waals surface area contributed by atoms with Crippen LogP contribution >= 0.6 is 0 Å². The molecule has 2 saturated heterocycles. The fourth-order valence-corrected chi connectivity index (χ4v) is 6.00. The third kappa shape index (κ3) is 4.61. The number of carbonyl (C=O) groups excluding carboxylic acids is 1. The molecule has 0 spiro atoms. The summed E-state index contributed by atoms with van der Waals surface area (Å²) in [6.07, 6.45) is 0.743. The monoisotopic (exact) mass is 496 g/mol. The maximum absolute atomic E-state index is 13.2. The lowest BCUT2D eigenvalue weighted by Gasteiger charge is -2.25. The lowest BCUT2D eigenvalue weighted by molar-refractivity contribution is -0.137. The molecular formula is C22H23F3N4O4S. The topological polar surface area (TPSA) is 92.7 Å². The molecule has 1 saturated carbocycles. The van der Waals surface area contributed by atoms with Crippen LogP contribution in [0.15, 0.2) is 41.6 Å². The van der Waals surface area contributed by atoms with Crippen LogP contribution in [0.3, 0.4) is 0 Å². The Hall–Kier alpha value is -2.73. The van der Waals surface area contributed by atoms with Crippen molar-refractivity contribution in [1.29, 1.82) is 0 Å². The maximum atomic E-state index is 13.2. The number of hydrogen-bond acceptors (Lipinski definition) is 6. The van der Waals surface area contributed by atoms with Gasteiger partial charge in [0.2, 0.25) is 21.8 Å². The Morgan fingerprint density at radius 1 is 1.09 bits per heavy atom. The Morgan fingerprint density at radius 3 is 2.56 bits per heavy atom. The van der Waals surface area contributed by atoms with Gasteiger partial charge in [0.1, 0.15) is 6.10 Å². The molecule has 0 radical (unpaired) electrons. The Morgan fingerprint density at radius 2 is 1.88 bits per heavy atom. The molecule has 1 aliphatic carbocycles. The number of nitrogens with zero attached hydrogens (tertiary/aromatic N) is 4.